The first kappa shape index (κ1) is 20.7. The first-order chi connectivity index (χ1) is 12.7. The number of benzene rings is 1. The molecule has 0 radical (unpaired) electrons. The van der Waals surface area contributed by atoms with E-state index in [0.29, 0.717) is 11.3 Å². The van der Waals surface area contributed by atoms with E-state index < -0.39 is 11.8 Å². The number of hydrogen-bond donors (Lipinski definition) is 4. The van der Waals surface area contributed by atoms with Gasteiger partial charge in [0.1, 0.15) is 5.69 Å². The molecule has 27 heavy (non-hydrogen) atoms. The molecule has 0 spiro atoms. The Bertz CT molecular complexity index is 822. The van der Waals surface area contributed by atoms with Crippen molar-refractivity contribution in [1.29, 1.82) is 0 Å². The van der Waals surface area contributed by atoms with Crippen LogP contribution >= 0.6 is 15.9 Å². The summed E-state index contributed by atoms with van der Waals surface area (Å²) in [5.41, 5.74) is 6.62. The van der Waals surface area contributed by atoms with Gasteiger partial charge in [0.2, 0.25) is 5.91 Å². The highest BCUT2D eigenvalue weighted by atomic mass is 79.9. The monoisotopic (exact) mass is 434 g/mol. The second kappa shape index (κ2) is 8.85. The van der Waals surface area contributed by atoms with Gasteiger partial charge in [0.15, 0.2) is 0 Å². The average molecular weight is 435 g/mol. The van der Waals surface area contributed by atoms with E-state index in [1.807, 2.05) is 12.1 Å². The third kappa shape index (κ3) is 6.25. The van der Waals surface area contributed by atoms with Crippen molar-refractivity contribution in [2.75, 3.05) is 6.54 Å². The maximum absolute atomic E-state index is 12.1. The lowest BCUT2D eigenvalue weighted by Gasteiger charge is -2.19. The molecule has 0 saturated heterocycles. The number of nitrogens with one attached hydrogen (secondary N) is 4. The van der Waals surface area contributed by atoms with Gasteiger partial charge in [0.05, 0.1) is 0 Å². The Morgan fingerprint density at radius 1 is 1.04 bits per heavy atom. The Hall–Kier alpha value is -2.61. The highest BCUT2D eigenvalue weighted by Crippen LogP contribution is 2.22. The molecule has 144 valence electrons. The van der Waals surface area contributed by atoms with Crippen molar-refractivity contribution in [1.82, 2.24) is 21.2 Å². The molecule has 2 rings (SSSR count). The highest BCUT2D eigenvalue weighted by molar-refractivity contribution is 9.10. The molecule has 0 saturated carbocycles. The fraction of sp³-hybridized carbons (Fsp3) is 0.316. The van der Waals surface area contributed by atoms with Crippen molar-refractivity contribution in [2.45, 2.75) is 32.6 Å². The van der Waals surface area contributed by atoms with Crippen LogP contribution in [0.5, 0.6) is 0 Å². The van der Waals surface area contributed by atoms with E-state index in [1.165, 1.54) is 0 Å². The van der Waals surface area contributed by atoms with Crippen molar-refractivity contribution in [3.63, 3.8) is 0 Å². The number of rotatable bonds is 5. The summed E-state index contributed by atoms with van der Waals surface area (Å²) < 4.78 is 0.734. The lowest BCUT2D eigenvalue weighted by atomic mass is 9.87. The van der Waals surface area contributed by atoms with Crippen LogP contribution in [0.15, 0.2) is 41.0 Å². The normalized spacial score (nSPS) is 11.0. The van der Waals surface area contributed by atoms with Crippen LogP contribution in [-0.4, -0.2) is 29.3 Å². The molecule has 7 nitrogen and oxygen atoms in total. The lowest BCUT2D eigenvalue weighted by molar-refractivity contribution is -0.121. The molecule has 1 aromatic heterocycles. The van der Waals surface area contributed by atoms with Crippen LogP contribution in [-0.2, 0) is 10.2 Å². The van der Waals surface area contributed by atoms with Crippen LogP contribution in [0.1, 0.15) is 53.6 Å². The number of carbonyl (C=O) groups excluding carboxylic acids is 3. The summed E-state index contributed by atoms with van der Waals surface area (Å²) in [6.07, 6.45) is 1.65. The number of halogens is 1. The Labute approximate surface area is 166 Å². The molecule has 0 aliphatic rings. The number of hydrogen-bond acceptors (Lipinski definition) is 3. The molecule has 0 unspecified atom stereocenters. The van der Waals surface area contributed by atoms with Gasteiger partial charge >= 0.3 is 0 Å². The van der Waals surface area contributed by atoms with Gasteiger partial charge in [-0.2, -0.15) is 0 Å². The summed E-state index contributed by atoms with van der Waals surface area (Å²) in [6.45, 7) is 6.48. The van der Waals surface area contributed by atoms with E-state index in [-0.39, 0.29) is 24.3 Å². The summed E-state index contributed by atoms with van der Waals surface area (Å²) in [6, 6.07) is 8.98. The first-order valence-corrected chi connectivity index (χ1v) is 9.28. The van der Waals surface area contributed by atoms with Crippen LogP contribution in [0.2, 0.25) is 0 Å². The second-order valence-corrected chi connectivity index (χ2v) is 7.98. The van der Waals surface area contributed by atoms with Crippen molar-refractivity contribution in [2.24, 2.45) is 0 Å². The maximum atomic E-state index is 12.1. The van der Waals surface area contributed by atoms with Crippen LogP contribution in [0.4, 0.5) is 0 Å². The van der Waals surface area contributed by atoms with Crippen LogP contribution in [0.3, 0.4) is 0 Å². The molecular weight excluding hydrogens is 412 g/mol. The van der Waals surface area contributed by atoms with E-state index >= 15 is 0 Å². The third-order valence-corrected chi connectivity index (χ3v) is 4.32. The summed E-state index contributed by atoms with van der Waals surface area (Å²) in [4.78, 5) is 38.4. The third-order valence-electron chi connectivity index (χ3n) is 3.86. The van der Waals surface area contributed by atoms with E-state index in [1.54, 1.807) is 24.4 Å². The van der Waals surface area contributed by atoms with Crippen molar-refractivity contribution in [3.8, 4) is 0 Å². The molecule has 1 heterocycles. The SMILES string of the molecule is CC(C)(C)c1ccc(C(=O)NCCC(=O)NNC(=O)c2cc(Br)c[nH]2)cc1. The van der Waals surface area contributed by atoms with Gasteiger partial charge in [-0.1, -0.05) is 32.9 Å². The largest absolute Gasteiger partial charge is 0.356 e. The molecule has 2 aromatic rings. The lowest BCUT2D eigenvalue weighted by Crippen LogP contribution is -2.42. The van der Waals surface area contributed by atoms with Gasteiger partial charge in [-0.3, -0.25) is 25.2 Å². The molecule has 3 amide bonds. The van der Waals surface area contributed by atoms with Gasteiger partial charge < -0.3 is 10.3 Å². The molecular formula is C19H23BrN4O3. The van der Waals surface area contributed by atoms with Crippen LogP contribution in [0.25, 0.3) is 0 Å². The Morgan fingerprint density at radius 2 is 1.70 bits per heavy atom. The van der Waals surface area contributed by atoms with Gasteiger partial charge in [-0.25, -0.2) is 0 Å². The van der Waals surface area contributed by atoms with Crippen molar-refractivity contribution >= 4 is 33.7 Å². The quantitative estimate of drug-likeness (QED) is 0.543. The summed E-state index contributed by atoms with van der Waals surface area (Å²) in [5, 5.41) is 2.69. The number of aromatic nitrogens is 1. The van der Waals surface area contributed by atoms with Crippen molar-refractivity contribution in [3.05, 3.63) is 57.8 Å². The van der Waals surface area contributed by atoms with Gasteiger partial charge in [0, 0.05) is 29.2 Å². The zero-order valence-corrected chi connectivity index (χ0v) is 17.1. The highest BCUT2D eigenvalue weighted by Gasteiger charge is 2.14. The van der Waals surface area contributed by atoms with Gasteiger partial charge in [0.25, 0.3) is 11.8 Å². The molecule has 1 aromatic carbocycles. The van der Waals surface area contributed by atoms with E-state index in [4.69, 9.17) is 0 Å². The second-order valence-electron chi connectivity index (χ2n) is 7.07. The smallest absolute Gasteiger partial charge is 0.286 e. The Kier molecular flexibility index (Phi) is 6.79. The molecule has 0 atom stereocenters. The van der Waals surface area contributed by atoms with E-state index in [2.05, 4.69) is 57.9 Å². The van der Waals surface area contributed by atoms with E-state index in [0.717, 1.165) is 10.0 Å². The number of hydrazine groups is 1. The predicted molar refractivity (Wildman–Crippen MR) is 106 cm³/mol. The first-order valence-electron chi connectivity index (χ1n) is 8.48. The maximum Gasteiger partial charge on any atom is 0.286 e. The zero-order valence-electron chi connectivity index (χ0n) is 15.5. The standard InChI is InChI=1S/C19H23BrN4O3/c1-19(2,3)13-6-4-12(5-7-13)17(26)21-9-8-16(25)23-24-18(27)15-10-14(20)11-22-15/h4-7,10-11,22H,8-9H2,1-3H3,(H,21,26)(H,23,25)(H,24,27). The minimum absolute atomic E-state index is 0.0216. The van der Waals surface area contributed by atoms with Crippen molar-refractivity contribution < 1.29 is 14.4 Å². The molecule has 0 fully saturated rings. The van der Waals surface area contributed by atoms with Gasteiger partial charge in [-0.15, -0.1) is 0 Å². The van der Waals surface area contributed by atoms with E-state index in [9.17, 15) is 14.4 Å². The number of H-pyrrole nitrogens is 1. The van der Waals surface area contributed by atoms with Crippen LogP contribution in [0, 0.1) is 0 Å². The summed E-state index contributed by atoms with van der Waals surface area (Å²) in [7, 11) is 0. The molecule has 0 aliphatic heterocycles. The fourth-order valence-electron chi connectivity index (χ4n) is 2.27. The Balaban J connectivity index is 1.72. The molecule has 0 aliphatic carbocycles. The minimum atomic E-state index is -0.461. The average Bonchev–Trinajstić information content (AvgIpc) is 3.05. The topological polar surface area (TPSA) is 103 Å². The number of carbonyl (C=O) groups is 3. The number of aromatic amines is 1. The van der Waals surface area contributed by atoms with Crippen LogP contribution < -0.4 is 16.2 Å². The molecule has 4 N–H and O–H groups in total. The fourth-order valence-corrected chi connectivity index (χ4v) is 2.61. The molecule has 8 heteroatoms. The zero-order chi connectivity index (χ0) is 20.0. The minimum Gasteiger partial charge on any atom is -0.356 e. The van der Waals surface area contributed by atoms with Gasteiger partial charge in [-0.05, 0) is 45.1 Å². The Morgan fingerprint density at radius 3 is 2.26 bits per heavy atom. The predicted octanol–water partition coefficient (Wildman–Crippen LogP) is 2.66. The molecule has 0 bridgehead atoms. The number of amides is 3. The summed E-state index contributed by atoms with van der Waals surface area (Å²) in [5.74, 6) is -1.11. The summed E-state index contributed by atoms with van der Waals surface area (Å²) >= 11 is 3.22.